The third-order valence-electron chi connectivity index (χ3n) is 5.51. The summed E-state index contributed by atoms with van der Waals surface area (Å²) in [6.07, 6.45) is 5.43. The molecular weight excluding hydrogens is 353 g/mol. The van der Waals surface area contributed by atoms with E-state index in [4.69, 9.17) is 0 Å². The van der Waals surface area contributed by atoms with E-state index in [9.17, 15) is 9.50 Å². The van der Waals surface area contributed by atoms with Crippen molar-refractivity contribution in [2.75, 3.05) is 19.6 Å². The zero-order chi connectivity index (χ0) is 19.5. The lowest BCUT2D eigenvalue weighted by atomic mass is 9.93. The first-order valence-corrected chi connectivity index (χ1v) is 9.90. The van der Waals surface area contributed by atoms with Gasteiger partial charge in [0.25, 0.3) is 0 Å². The molecule has 146 valence electrons. The Morgan fingerprint density at radius 3 is 2.43 bits per heavy atom. The number of hydrogen-bond donors (Lipinski definition) is 2. The molecule has 2 N–H and O–H groups in total. The Balaban J connectivity index is 1.64. The van der Waals surface area contributed by atoms with Gasteiger partial charge in [-0.15, -0.1) is 0 Å². The molecule has 2 aromatic heterocycles. The Bertz CT molecular complexity index is 897. The van der Waals surface area contributed by atoms with Crippen molar-refractivity contribution in [3.63, 3.8) is 0 Å². The maximum absolute atomic E-state index is 13.4. The van der Waals surface area contributed by atoms with Crippen LogP contribution in [0.15, 0.2) is 54.9 Å². The van der Waals surface area contributed by atoms with Crippen LogP contribution in [0.4, 0.5) is 4.39 Å². The van der Waals surface area contributed by atoms with Crippen molar-refractivity contribution >= 4 is 0 Å². The van der Waals surface area contributed by atoms with E-state index in [0.717, 1.165) is 54.9 Å². The number of aliphatic hydroxyl groups excluding tert-OH is 1. The van der Waals surface area contributed by atoms with Gasteiger partial charge in [-0.1, -0.05) is 0 Å². The standard InChI is InChI=1S/C23H26FN3O/c1-16(28)15-27-12-8-18(9-13-27)22-14-21(17-6-10-25-11-7-17)23(26-22)19-2-4-20(24)5-3-19/h2-7,10-11,14,16,18,26,28H,8-9,12-13,15H2,1H3/t16-/m1/s1. The number of H-pyrrole nitrogens is 1. The second kappa shape index (κ2) is 8.25. The van der Waals surface area contributed by atoms with Gasteiger partial charge in [-0.25, -0.2) is 4.39 Å². The molecule has 28 heavy (non-hydrogen) atoms. The van der Waals surface area contributed by atoms with Crippen LogP contribution in [0, 0.1) is 5.82 Å². The summed E-state index contributed by atoms with van der Waals surface area (Å²) in [5, 5.41) is 9.62. The molecule has 5 heteroatoms. The van der Waals surface area contributed by atoms with Crippen molar-refractivity contribution in [3.8, 4) is 22.4 Å². The molecular formula is C23H26FN3O. The molecule has 4 rings (SSSR count). The fourth-order valence-electron chi connectivity index (χ4n) is 4.10. The molecule has 0 unspecified atom stereocenters. The highest BCUT2D eigenvalue weighted by atomic mass is 19.1. The van der Waals surface area contributed by atoms with Crippen LogP contribution in [-0.4, -0.2) is 45.7 Å². The molecule has 1 fully saturated rings. The number of pyridine rings is 1. The van der Waals surface area contributed by atoms with Gasteiger partial charge in [0.05, 0.1) is 11.8 Å². The molecule has 0 radical (unpaired) electrons. The Hall–Kier alpha value is -2.50. The van der Waals surface area contributed by atoms with Crippen LogP contribution in [0.2, 0.25) is 0 Å². The number of rotatable bonds is 5. The number of halogens is 1. The van der Waals surface area contributed by atoms with Crippen molar-refractivity contribution in [2.24, 2.45) is 0 Å². The second-order valence-electron chi connectivity index (χ2n) is 7.68. The van der Waals surface area contributed by atoms with E-state index in [1.807, 2.05) is 31.2 Å². The molecule has 0 saturated carbocycles. The smallest absolute Gasteiger partial charge is 0.123 e. The van der Waals surface area contributed by atoms with E-state index < -0.39 is 0 Å². The van der Waals surface area contributed by atoms with E-state index in [2.05, 4.69) is 20.9 Å². The lowest BCUT2D eigenvalue weighted by Crippen LogP contribution is -2.37. The molecule has 0 bridgehead atoms. The highest BCUT2D eigenvalue weighted by Gasteiger charge is 2.24. The largest absolute Gasteiger partial charge is 0.392 e. The normalized spacial score (nSPS) is 17.0. The quantitative estimate of drug-likeness (QED) is 0.689. The minimum Gasteiger partial charge on any atom is -0.392 e. The maximum atomic E-state index is 13.4. The van der Waals surface area contributed by atoms with E-state index in [1.165, 1.54) is 17.8 Å². The Morgan fingerprint density at radius 1 is 1.11 bits per heavy atom. The third-order valence-corrected chi connectivity index (χ3v) is 5.51. The molecule has 3 aromatic rings. The SMILES string of the molecule is C[C@@H](O)CN1CCC(c2cc(-c3ccncc3)c(-c3ccc(F)cc3)[nH]2)CC1. The zero-order valence-electron chi connectivity index (χ0n) is 16.1. The highest BCUT2D eigenvalue weighted by molar-refractivity contribution is 5.82. The van der Waals surface area contributed by atoms with Crippen LogP contribution in [0.3, 0.4) is 0 Å². The Morgan fingerprint density at radius 2 is 1.79 bits per heavy atom. The van der Waals surface area contributed by atoms with Crippen molar-refractivity contribution in [1.82, 2.24) is 14.9 Å². The molecule has 4 nitrogen and oxygen atoms in total. The number of piperidine rings is 1. The molecule has 0 amide bonds. The van der Waals surface area contributed by atoms with Gasteiger partial charge < -0.3 is 15.0 Å². The molecule has 0 aliphatic carbocycles. The van der Waals surface area contributed by atoms with Crippen LogP contribution >= 0.6 is 0 Å². The molecule has 1 saturated heterocycles. The van der Waals surface area contributed by atoms with Crippen LogP contribution in [-0.2, 0) is 0 Å². The van der Waals surface area contributed by atoms with Gasteiger partial charge in [0.2, 0.25) is 0 Å². The monoisotopic (exact) mass is 379 g/mol. The topological polar surface area (TPSA) is 52.1 Å². The van der Waals surface area contributed by atoms with Gasteiger partial charge in [-0.2, -0.15) is 0 Å². The van der Waals surface area contributed by atoms with Gasteiger partial charge in [0.15, 0.2) is 0 Å². The number of nitrogens with zero attached hydrogens (tertiary/aromatic N) is 2. The van der Waals surface area contributed by atoms with E-state index >= 15 is 0 Å². The van der Waals surface area contributed by atoms with E-state index in [0.29, 0.717) is 5.92 Å². The lowest BCUT2D eigenvalue weighted by molar-refractivity contribution is 0.109. The predicted octanol–water partition coefficient (Wildman–Crippen LogP) is 4.44. The van der Waals surface area contributed by atoms with Crippen molar-refractivity contribution in [2.45, 2.75) is 31.8 Å². The summed E-state index contributed by atoms with van der Waals surface area (Å²) in [5.74, 6) is 0.228. The first-order valence-electron chi connectivity index (χ1n) is 9.90. The predicted molar refractivity (Wildman–Crippen MR) is 110 cm³/mol. The summed E-state index contributed by atoms with van der Waals surface area (Å²) in [5.41, 5.74) is 5.44. The highest BCUT2D eigenvalue weighted by Crippen LogP contribution is 2.37. The van der Waals surface area contributed by atoms with Gasteiger partial charge in [-0.3, -0.25) is 4.98 Å². The third kappa shape index (κ3) is 4.16. The van der Waals surface area contributed by atoms with Crippen molar-refractivity contribution in [1.29, 1.82) is 0 Å². The summed E-state index contributed by atoms with van der Waals surface area (Å²) >= 11 is 0. The second-order valence-corrected chi connectivity index (χ2v) is 7.68. The number of hydrogen-bond acceptors (Lipinski definition) is 3. The number of aliphatic hydroxyl groups is 1. The number of likely N-dealkylation sites (tertiary alicyclic amines) is 1. The van der Waals surface area contributed by atoms with Gasteiger partial charge in [-0.05, 0) is 86.4 Å². The first kappa shape index (κ1) is 18.8. The minimum atomic E-state index is -0.287. The Labute approximate surface area is 165 Å². The molecule has 1 aromatic carbocycles. The van der Waals surface area contributed by atoms with E-state index in [1.54, 1.807) is 12.4 Å². The fourth-order valence-corrected chi connectivity index (χ4v) is 4.10. The molecule has 1 atom stereocenters. The molecule has 1 aliphatic heterocycles. The average molecular weight is 379 g/mol. The van der Waals surface area contributed by atoms with Crippen molar-refractivity contribution in [3.05, 3.63) is 66.4 Å². The summed E-state index contributed by atoms with van der Waals surface area (Å²) in [4.78, 5) is 10.1. The van der Waals surface area contributed by atoms with Crippen molar-refractivity contribution < 1.29 is 9.50 Å². The summed E-state index contributed by atoms with van der Waals surface area (Å²) in [6, 6.07) is 12.9. The maximum Gasteiger partial charge on any atom is 0.123 e. The minimum absolute atomic E-state index is 0.230. The summed E-state index contributed by atoms with van der Waals surface area (Å²) in [7, 11) is 0. The lowest BCUT2D eigenvalue weighted by Gasteiger charge is -2.32. The molecule has 3 heterocycles. The summed E-state index contributed by atoms with van der Waals surface area (Å²) in [6.45, 7) is 4.56. The van der Waals surface area contributed by atoms with Crippen LogP contribution in [0.1, 0.15) is 31.4 Å². The molecule has 1 aliphatic rings. The van der Waals surface area contributed by atoms with Gasteiger partial charge >= 0.3 is 0 Å². The van der Waals surface area contributed by atoms with Gasteiger partial charge in [0, 0.05) is 36.1 Å². The number of β-amino-alcohol motifs (C(OH)–C–C–N with tert-alkyl or cyclic N) is 1. The number of benzene rings is 1. The van der Waals surface area contributed by atoms with Crippen LogP contribution in [0.25, 0.3) is 22.4 Å². The number of aromatic amines is 1. The first-order chi connectivity index (χ1) is 13.6. The summed E-state index contributed by atoms with van der Waals surface area (Å²) < 4.78 is 13.4. The molecule has 0 spiro atoms. The average Bonchev–Trinajstić information content (AvgIpc) is 3.15. The van der Waals surface area contributed by atoms with Crippen LogP contribution in [0.5, 0.6) is 0 Å². The van der Waals surface area contributed by atoms with Gasteiger partial charge in [0.1, 0.15) is 5.82 Å². The fraction of sp³-hybridized carbons (Fsp3) is 0.348. The number of aromatic nitrogens is 2. The Kier molecular flexibility index (Phi) is 5.55. The number of nitrogens with one attached hydrogen (secondary N) is 1. The van der Waals surface area contributed by atoms with E-state index in [-0.39, 0.29) is 11.9 Å². The zero-order valence-corrected chi connectivity index (χ0v) is 16.1. The van der Waals surface area contributed by atoms with Crippen LogP contribution < -0.4 is 0 Å².